The van der Waals surface area contributed by atoms with Crippen LogP contribution >= 0.6 is 0 Å². The Bertz CT molecular complexity index is 74.8. The molecule has 4 N–H and O–H groups in total. The highest BCUT2D eigenvalue weighted by atomic mass is 16.5. The first-order valence-corrected chi connectivity index (χ1v) is 7.55. The summed E-state index contributed by atoms with van der Waals surface area (Å²) in [7, 11) is 0. The highest BCUT2D eigenvalue weighted by Gasteiger charge is 1.98. The second kappa shape index (κ2) is 54.1. The summed E-state index contributed by atoms with van der Waals surface area (Å²) in [4.78, 5) is 0. The van der Waals surface area contributed by atoms with E-state index >= 15 is 0 Å². The molecule has 0 aliphatic carbocycles. The predicted molar refractivity (Wildman–Crippen MR) is 83.4 cm³/mol. The summed E-state index contributed by atoms with van der Waals surface area (Å²) in [5.74, 6) is 0.457. The minimum Gasteiger partial charge on any atom is -0.317 e. The van der Waals surface area contributed by atoms with Crippen LogP contribution in [0.5, 0.6) is 0 Å². The third kappa shape index (κ3) is 56.8. The molecule has 4 heteroatoms. The summed E-state index contributed by atoms with van der Waals surface area (Å²) < 4.78 is 0. The molecule has 0 saturated heterocycles. The summed E-state index contributed by atoms with van der Waals surface area (Å²) >= 11 is 0. The fraction of sp³-hybridized carbons (Fsp3) is 1.00. The Balaban J connectivity index is -0.0000000596. The number of hydrogen-bond acceptors (Lipinski definition) is 4. The molecule has 0 fully saturated rings. The molecule has 0 bridgehead atoms. The van der Waals surface area contributed by atoms with E-state index in [1.54, 1.807) is 0 Å². The predicted octanol–water partition coefficient (Wildman–Crippen LogP) is 4.47. The molecular formula is C14H40N2O2. The molecule has 1 atom stereocenters. The van der Waals surface area contributed by atoms with Crippen molar-refractivity contribution in [2.75, 3.05) is 13.1 Å². The van der Waals surface area contributed by atoms with Crippen LogP contribution in [0.25, 0.3) is 0 Å². The standard InChI is InChI=1S/C6H16N2O2.4C2H6/c1-6(5-8-10)3-2-4-7-9;4*1-2/h6-10H,2-5H2,1H3;4*1-2H3. The van der Waals surface area contributed by atoms with Crippen LogP contribution in [-0.2, 0) is 0 Å². The lowest BCUT2D eigenvalue weighted by Crippen LogP contribution is -2.18. The smallest absolute Gasteiger partial charge is 0.0233 e. The minimum absolute atomic E-state index is 0.457. The number of hydrogen-bond donors (Lipinski definition) is 4. The molecule has 0 aromatic heterocycles. The van der Waals surface area contributed by atoms with Crippen molar-refractivity contribution >= 4 is 0 Å². The van der Waals surface area contributed by atoms with E-state index in [1.165, 1.54) is 0 Å². The van der Waals surface area contributed by atoms with Gasteiger partial charge in [-0.2, -0.15) is 0 Å². The first-order valence-electron chi connectivity index (χ1n) is 7.55. The largest absolute Gasteiger partial charge is 0.317 e. The Labute approximate surface area is 116 Å². The van der Waals surface area contributed by atoms with E-state index in [0.717, 1.165) is 12.8 Å². The lowest BCUT2D eigenvalue weighted by molar-refractivity contribution is 0.143. The topological polar surface area (TPSA) is 64.5 Å². The second-order valence-electron chi connectivity index (χ2n) is 2.52. The zero-order valence-corrected chi connectivity index (χ0v) is 14.3. The van der Waals surface area contributed by atoms with Gasteiger partial charge < -0.3 is 10.4 Å². The van der Waals surface area contributed by atoms with Gasteiger partial charge in [-0.1, -0.05) is 62.3 Å². The molecule has 0 aliphatic rings. The van der Waals surface area contributed by atoms with Crippen molar-refractivity contribution < 1.29 is 10.4 Å². The van der Waals surface area contributed by atoms with Gasteiger partial charge in [-0.15, -0.1) is 0 Å². The SMILES string of the molecule is CC.CC.CC.CC.CC(CCCNO)CNO. The molecule has 18 heavy (non-hydrogen) atoms. The molecule has 0 rings (SSSR count). The molecule has 0 saturated carbocycles. The summed E-state index contributed by atoms with van der Waals surface area (Å²) in [6, 6.07) is 0. The summed E-state index contributed by atoms with van der Waals surface area (Å²) in [5.41, 5.74) is 4.19. The van der Waals surface area contributed by atoms with Gasteiger partial charge in [0.15, 0.2) is 0 Å². The van der Waals surface area contributed by atoms with Gasteiger partial charge in [-0.05, 0) is 18.8 Å². The monoisotopic (exact) mass is 268 g/mol. The number of hydroxylamine groups is 2. The van der Waals surface area contributed by atoms with Crippen molar-refractivity contribution in [3.05, 3.63) is 0 Å². The van der Waals surface area contributed by atoms with Crippen molar-refractivity contribution in [2.45, 2.75) is 75.2 Å². The molecule has 0 radical (unpaired) electrons. The van der Waals surface area contributed by atoms with Crippen molar-refractivity contribution in [3.63, 3.8) is 0 Å². The van der Waals surface area contributed by atoms with Crippen molar-refractivity contribution in [1.29, 1.82) is 0 Å². The molecule has 0 aromatic carbocycles. The van der Waals surface area contributed by atoms with Gasteiger partial charge in [0.2, 0.25) is 0 Å². The molecule has 0 amide bonds. The summed E-state index contributed by atoms with van der Waals surface area (Å²) in [5, 5.41) is 16.5. The zero-order valence-electron chi connectivity index (χ0n) is 14.3. The van der Waals surface area contributed by atoms with E-state index in [1.807, 2.05) is 62.3 Å². The quantitative estimate of drug-likeness (QED) is 0.424. The summed E-state index contributed by atoms with van der Waals surface area (Å²) in [6.45, 7) is 19.3. The average Bonchev–Trinajstić information content (AvgIpc) is 2.48. The lowest BCUT2D eigenvalue weighted by atomic mass is 10.1. The van der Waals surface area contributed by atoms with E-state index < -0.39 is 0 Å². The van der Waals surface area contributed by atoms with Gasteiger partial charge in [0.05, 0.1) is 0 Å². The maximum absolute atomic E-state index is 8.28. The summed E-state index contributed by atoms with van der Waals surface area (Å²) in [6.07, 6.45) is 1.93. The van der Waals surface area contributed by atoms with Crippen LogP contribution in [-0.4, -0.2) is 23.5 Å². The van der Waals surface area contributed by atoms with Gasteiger partial charge in [0.25, 0.3) is 0 Å². The third-order valence-electron chi connectivity index (χ3n) is 1.43. The van der Waals surface area contributed by atoms with Gasteiger partial charge in [0, 0.05) is 13.1 Å². The van der Waals surface area contributed by atoms with E-state index in [4.69, 9.17) is 10.4 Å². The third-order valence-corrected chi connectivity index (χ3v) is 1.43. The maximum Gasteiger partial charge on any atom is 0.0233 e. The molecule has 1 unspecified atom stereocenters. The van der Waals surface area contributed by atoms with Crippen LogP contribution in [0.15, 0.2) is 0 Å². The van der Waals surface area contributed by atoms with Gasteiger partial charge in [-0.25, -0.2) is 11.0 Å². The van der Waals surface area contributed by atoms with E-state index in [9.17, 15) is 0 Å². The highest BCUT2D eigenvalue weighted by Crippen LogP contribution is 2.01. The van der Waals surface area contributed by atoms with Crippen LogP contribution in [0.3, 0.4) is 0 Å². The Morgan fingerprint density at radius 3 is 1.44 bits per heavy atom. The van der Waals surface area contributed by atoms with E-state index in [2.05, 4.69) is 11.0 Å². The number of nitrogens with one attached hydrogen (secondary N) is 2. The Morgan fingerprint density at radius 1 is 0.778 bits per heavy atom. The van der Waals surface area contributed by atoms with Crippen molar-refractivity contribution in [1.82, 2.24) is 11.0 Å². The van der Waals surface area contributed by atoms with Crippen LogP contribution in [0.4, 0.5) is 0 Å². The van der Waals surface area contributed by atoms with Crippen LogP contribution in [0.2, 0.25) is 0 Å². The second-order valence-corrected chi connectivity index (χ2v) is 2.52. The van der Waals surface area contributed by atoms with E-state index in [-0.39, 0.29) is 0 Å². The van der Waals surface area contributed by atoms with Crippen molar-refractivity contribution in [3.8, 4) is 0 Å². The Kier molecular flexibility index (Phi) is 92.2. The normalized spacial score (nSPS) is 8.83. The van der Waals surface area contributed by atoms with Crippen LogP contribution in [0.1, 0.15) is 75.2 Å². The molecule has 4 nitrogen and oxygen atoms in total. The fourth-order valence-corrected chi connectivity index (χ4v) is 0.787. The Morgan fingerprint density at radius 2 is 1.17 bits per heavy atom. The first-order chi connectivity index (χ1) is 8.81. The minimum atomic E-state index is 0.457. The fourth-order valence-electron chi connectivity index (χ4n) is 0.787. The molecule has 0 heterocycles. The molecule has 0 aromatic rings. The van der Waals surface area contributed by atoms with Crippen LogP contribution in [0, 0.1) is 5.92 Å². The van der Waals surface area contributed by atoms with Gasteiger partial charge in [0.1, 0.15) is 0 Å². The van der Waals surface area contributed by atoms with Crippen LogP contribution < -0.4 is 11.0 Å². The van der Waals surface area contributed by atoms with E-state index in [0.29, 0.717) is 19.0 Å². The molecule has 0 aliphatic heterocycles. The number of rotatable bonds is 6. The van der Waals surface area contributed by atoms with Gasteiger partial charge >= 0.3 is 0 Å². The molecular weight excluding hydrogens is 228 g/mol. The van der Waals surface area contributed by atoms with Crippen molar-refractivity contribution in [2.24, 2.45) is 5.92 Å². The van der Waals surface area contributed by atoms with Gasteiger partial charge in [-0.3, -0.25) is 0 Å². The Hall–Kier alpha value is -0.160. The maximum atomic E-state index is 8.28. The lowest BCUT2D eigenvalue weighted by Gasteiger charge is -2.08. The first kappa shape index (κ1) is 30.7. The molecule has 0 spiro atoms. The zero-order chi connectivity index (χ0) is 15.8. The molecule has 118 valence electrons. The average molecular weight is 268 g/mol. The highest BCUT2D eigenvalue weighted by molar-refractivity contribution is 4.53.